The number of sulfonamides is 1. The smallest absolute Gasteiger partial charge is 0.271 e. The topological polar surface area (TPSA) is 69.6 Å². The molecule has 5 nitrogen and oxygen atoms in total. The fraction of sp³-hybridized carbons (Fsp3) is 0.286. The Bertz CT molecular complexity index is 709. The first-order chi connectivity index (χ1) is 9.94. The number of benzene rings is 1. The Labute approximate surface area is 128 Å². The van der Waals surface area contributed by atoms with Crippen LogP contribution in [0.5, 0.6) is 0 Å². The maximum absolute atomic E-state index is 12.4. The molecule has 0 bridgehead atoms. The number of nitrogens with one attached hydrogen (secondary N) is 1. The second-order valence-electron chi connectivity index (χ2n) is 4.71. The van der Waals surface area contributed by atoms with E-state index in [1.807, 2.05) is 31.1 Å². The molecule has 0 spiro atoms. The van der Waals surface area contributed by atoms with E-state index in [1.54, 1.807) is 24.3 Å². The molecular formula is C14H18N2O3S2. The van der Waals surface area contributed by atoms with Crippen LogP contribution < -0.4 is 9.62 Å². The van der Waals surface area contributed by atoms with Crippen LogP contribution in [0, 0.1) is 0 Å². The van der Waals surface area contributed by atoms with E-state index >= 15 is 0 Å². The zero-order valence-corrected chi connectivity index (χ0v) is 13.5. The van der Waals surface area contributed by atoms with E-state index in [1.165, 1.54) is 11.3 Å². The number of anilines is 2. The molecular weight excluding hydrogens is 308 g/mol. The van der Waals surface area contributed by atoms with Crippen LogP contribution in [0.15, 0.2) is 40.6 Å². The molecule has 2 N–H and O–H groups in total. The molecule has 114 valence electrons. The number of aliphatic hydroxyl groups excluding tert-OH is 1. The monoisotopic (exact) mass is 326 g/mol. The summed E-state index contributed by atoms with van der Waals surface area (Å²) in [5.74, 6) is 0. The predicted molar refractivity (Wildman–Crippen MR) is 86.7 cm³/mol. The third-order valence-electron chi connectivity index (χ3n) is 2.89. The molecule has 7 heteroatoms. The van der Waals surface area contributed by atoms with E-state index in [4.69, 9.17) is 5.11 Å². The summed E-state index contributed by atoms with van der Waals surface area (Å²) >= 11 is 1.17. The van der Waals surface area contributed by atoms with Gasteiger partial charge in [-0.15, -0.1) is 11.3 Å². The van der Waals surface area contributed by atoms with Crippen molar-refractivity contribution in [2.24, 2.45) is 0 Å². The van der Waals surface area contributed by atoms with Gasteiger partial charge in [-0.25, -0.2) is 8.42 Å². The Morgan fingerprint density at radius 3 is 2.57 bits per heavy atom. The fourth-order valence-electron chi connectivity index (χ4n) is 1.89. The largest absolute Gasteiger partial charge is 0.396 e. The van der Waals surface area contributed by atoms with Crippen molar-refractivity contribution in [3.05, 3.63) is 41.3 Å². The number of hydrogen-bond acceptors (Lipinski definition) is 5. The van der Waals surface area contributed by atoms with Crippen molar-refractivity contribution >= 4 is 32.7 Å². The van der Waals surface area contributed by atoms with Crippen LogP contribution >= 0.6 is 11.3 Å². The van der Waals surface area contributed by atoms with Crippen LogP contribution in [0.2, 0.25) is 0 Å². The standard InChI is InChI=1S/C14H18N2O3S2/c1-16(2)13-6-4-3-5-12(13)15-21(18,19)14-8-7-11(20-14)9-10-17/h3-8,15,17H,9-10H2,1-2H3. The van der Waals surface area contributed by atoms with Gasteiger partial charge in [-0.2, -0.15) is 0 Å². The summed E-state index contributed by atoms with van der Waals surface area (Å²) in [6.07, 6.45) is 0.467. The summed E-state index contributed by atoms with van der Waals surface area (Å²) in [6.45, 7) is 0.0108. The molecule has 1 heterocycles. The molecule has 0 aliphatic carbocycles. The Morgan fingerprint density at radius 2 is 1.90 bits per heavy atom. The highest BCUT2D eigenvalue weighted by Gasteiger charge is 2.18. The lowest BCUT2D eigenvalue weighted by Gasteiger charge is -2.17. The zero-order valence-electron chi connectivity index (χ0n) is 11.9. The van der Waals surface area contributed by atoms with Gasteiger partial charge in [0.15, 0.2) is 0 Å². The average molecular weight is 326 g/mol. The summed E-state index contributed by atoms with van der Waals surface area (Å²) in [5, 5.41) is 8.90. The van der Waals surface area contributed by atoms with Crippen molar-refractivity contribution in [3.63, 3.8) is 0 Å². The van der Waals surface area contributed by atoms with E-state index in [9.17, 15) is 8.42 Å². The fourth-order valence-corrected chi connectivity index (χ4v) is 4.31. The molecule has 0 unspecified atom stereocenters. The van der Waals surface area contributed by atoms with Gasteiger partial charge in [0.2, 0.25) is 0 Å². The number of thiophene rings is 1. The van der Waals surface area contributed by atoms with Gasteiger partial charge in [-0.3, -0.25) is 4.72 Å². The summed E-state index contributed by atoms with van der Waals surface area (Å²) in [6, 6.07) is 10.5. The lowest BCUT2D eigenvalue weighted by molar-refractivity contribution is 0.300. The molecule has 0 saturated carbocycles. The minimum absolute atomic E-state index is 0.0108. The van der Waals surface area contributed by atoms with Gasteiger partial charge in [0, 0.05) is 32.0 Å². The van der Waals surface area contributed by atoms with Gasteiger partial charge in [-0.1, -0.05) is 12.1 Å². The number of hydrogen-bond donors (Lipinski definition) is 2. The van der Waals surface area contributed by atoms with Crippen molar-refractivity contribution in [3.8, 4) is 0 Å². The SMILES string of the molecule is CN(C)c1ccccc1NS(=O)(=O)c1ccc(CCO)s1. The Hall–Kier alpha value is -1.57. The van der Waals surface area contributed by atoms with Crippen LogP contribution in [0.3, 0.4) is 0 Å². The lowest BCUT2D eigenvalue weighted by Crippen LogP contribution is -2.16. The van der Waals surface area contributed by atoms with E-state index in [2.05, 4.69) is 4.72 Å². The first-order valence-electron chi connectivity index (χ1n) is 6.43. The van der Waals surface area contributed by atoms with Crippen molar-refractivity contribution in [1.29, 1.82) is 0 Å². The molecule has 0 fully saturated rings. The van der Waals surface area contributed by atoms with E-state index < -0.39 is 10.0 Å². The number of nitrogens with zero attached hydrogens (tertiary/aromatic N) is 1. The minimum atomic E-state index is -3.61. The van der Waals surface area contributed by atoms with Crippen LogP contribution in [-0.2, 0) is 16.4 Å². The summed E-state index contributed by atoms with van der Waals surface area (Å²) in [5.41, 5.74) is 1.34. The zero-order chi connectivity index (χ0) is 15.5. The van der Waals surface area contributed by atoms with Crippen molar-refractivity contribution in [2.45, 2.75) is 10.6 Å². The third-order valence-corrected chi connectivity index (χ3v) is 5.89. The van der Waals surface area contributed by atoms with Gasteiger partial charge >= 0.3 is 0 Å². The van der Waals surface area contributed by atoms with Crippen molar-refractivity contribution < 1.29 is 13.5 Å². The molecule has 0 saturated heterocycles. The van der Waals surface area contributed by atoms with Crippen LogP contribution in [0.25, 0.3) is 0 Å². The normalized spacial score (nSPS) is 11.4. The molecule has 2 aromatic rings. The van der Waals surface area contributed by atoms with Crippen molar-refractivity contribution in [1.82, 2.24) is 0 Å². The minimum Gasteiger partial charge on any atom is -0.396 e. The second-order valence-corrected chi connectivity index (χ2v) is 7.79. The van der Waals surface area contributed by atoms with E-state index in [-0.39, 0.29) is 10.8 Å². The maximum Gasteiger partial charge on any atom is 0.271 e. The molecule has 0 aliphatic heterocycles. The van der Waals surface area contributed by atoms with Gasteiger partial charge < -0.3 is 10.0 Å². The van der Waals surface area contributed by atoms with Crippen LogP contribution in [0.1, 0.15) is 4.88 Å². The Balaban J connectivity index is 2.29. The van der Waals surface area contributed by atoms with Crippen LogP contribution in [0.4, 0.5) is 11.4 Å². The highest BCUT2D eigenvalue weighted by Crippen LogP contribution is 2.29. The third kappa shape index (κ3) is 3.75. The molecule has 21 heavy (non-hydrogen) atoms. The number of rotatable bonds is 6. The highest BCUT2D eigenvalue weighted by molar-refractivity contribution is 7.94. The van der Waals surface area contributed by atoms with E-state index in [0.717, 1.165) is 10.6 Å². The van der Waals surface area contributed by atoms with Gasteiger partial charge in [0.1, 0.15) is 4.21 Å². The number of para-hydroxylation sites is 2. The molecule has 1 aromatic carbocycles. The summed E-state index contributed by atoms with van der Waals surface area (Å²) < 4.78 is 27.7. The predicted octanol–water partition coefficient (Wildman–Crippen LogP) is 2.15. The highest BCUT2D eigenvalue weighted by atomic mass is 32.2. The quantitative estimate of drug-likeness (QED) is 0.853. The van der Waals surface area contributed by atoms with Crippen LogP contribution in [-0.4, -0.2) is 34.2 Å². The molecule has 0 amide bonds. The first kappa shape index (κ1) is 15.8. The number of aliphatic hydroxyl groups is 1. The average Bonchev–Trinajstić information content (AvgIpc) is 2.88. The van der Waals surface area contributed by atoms with Gasteiger partial charge in [-0.05, 0) is 24.3 Å². The van der Waals surface area contributed by atoms with Gasteiger partial charge in [0.05, 0.1) is 11.4 Å². The maximum atomic E-state index is 12.4. The van der Waals surface area contributed by atoms with E-state index in [0.29, 0.717) is 12.1 Å². The molecule has 0 atom stereocenters. The molecule has 1 aromatic heterocycles. The Morgan fingerprint density at radius 1 is 1.19 bits per heavy atom. The summed E-state index contributed by atoms with van der Waals surface area (Å²) in [4.78, 5) is 2.70. The van der Waals surface area contributed by atoms with Crippen molar-refractivity contribution in [2.75, 3.05) is 30.3 Å². The second kappa shape index (κ2) is 6.46. The molecule has 0 radical (unpaired) electrons. The lowest BCUT2D eigenvalue weighted by atomic mass is 10.2. The summed E-state index contributed by atoms with van der Waals surface area (Å²) in [7, 11) is 0.111. The molecule has 2 rings (SSSR count). The Kier molecular flexibility index (Phi) is 4.87. The molecule has 0 aliphatic rings. The van der Waals surface area contributed by atoms with Gasteiger partial charge in [0.25, 0.3) is 10.0 Å². The first-order valence-corrected chi connectivity index (χ1v) is 8.73.